The highest BCUT2D eigenvalue weighted by Crippen LogP contribution is 2.40. The summed E-state index contributed by atoms with van der Waals surface area (Å²) < 4.78 is 0. The van der Waals surface area contributed by atoms with Gasteiger partial charge >= 0.3 is 0 Å². The van der Waals surface area contributed by atoms with E-state index >= 15 is 0 Å². The summed E-state index contributed by atoms with van der Waals surface area (Å²) >= 11 is 1.80. The minimum absolute atomic E-state index is 1.03. The maximum atomic E-state index is 3.83. The summed E-state index contributed by atoms with van der Waals surface area (Å²) in [7, 11) is -2.61. The van der Waals surface area contributed by atoms with Gasteiger partial charge in [-0.25, -0.2) is 0 Å². The first-order valence-corrected chi connectivity index (χ1v) is 18.7. The number of allylic oxidation sites excluding steroid dienone is 3. The molecule has 1 aliphatic rings. The average Bonchev–Trinajstić information content (AvgIpc) is 3.10. The highest BCUT2D eigenvalue weighted by molar-refractivity contribution is 7.07. The van der Waals surface area contributed by atoms with E-state index in [0.29, 0.717) is 0 Å². The maximum Gasteiger partial charge on any atom is 0.0510 e. The molecule has 0 radical (unpaired) electrons. The molecule has 2 aromatic rings. The van der Waals surface area contributed by atoms with Crippen LogP contribution in [0.25, 0.3) is 0 Å². The minimum atomic E-state index is -1.32. The van der Waals surface area contributed by atoms with Crippen molar-refractivity contribution < 1.29 is 0 Å². The minimum Gasteiger partial charge on any atom is -0.299 e. The van der Waals surface area contributed by atoms with E-state index in [9.17, 15) is 0 Å². The molecule has 1 nitrogen and oxygen atoms in total. The van der Waals surface area contributed by atoms with Gasteiger partial charge < -0.3 is 0 Å². The summed E-state index contributed by atoms with van der Waals surface area (Å²) in [6, 6.07) is 13.2. The third-order valence-electron chi connectivity index (χ3n) is 5.55. The Morgan fingerprint density at radius 2 is 1.52 bits per heavy atom. The smallest absolute Gasteiger partial charge is 0.0510 e. The van der Waals surface area contributed by atoms with E-state index in [1.807, 2.05) is 0 Å². The molecule has 29 heavy (non-hydrogen) atoms. The van der Waals surface area contributed by atoms with Crippen LogP contribution in [0.4, 0.5) is 0 Å². The molecule has 0 spiro atoms. The fourth-order valence-electron chi connectivity index (χ4n) is 4.05. The lowest BCUT2D eigenvalue weighted by atomic mass is 10.0. The summed E-state index contributed by atoms with van der Waals surface area (Å²) in [5.74, 6) is 0. The van der Waals surface area contributed by atoms with Crippen molar-refractivity contribution >= 4 is 27.5 Å². The van der Waals surface area contributed by atoms with Crippen LogP contribution in [-0.2, 0) is 13.0 Å². The second-order valence-corrected chi connectivity index (χ2v) is 21.0. The van der Waals surface area contributed by atoms with E-state index < -0.39 is 16.1 Å². The Hall–Kier alpha value is -1.21. The summed E-state index contributed by atoms with van der Waals surface area (Å²) in [6.45, 7) is 18.2. The van der Waals surface area contributed by atoms with Crippen molar-refractivity contribution in [3.05, 3.63) is 80.3 Å². The molecule has 0 amide bonds. The van der Waals surface area contributed by atoms with E-state index in [-0.39, 0.29) is 0 Å². The van der Waals surface area contributed by atoms with Crippen molar-refractivity contribution in [2.24, 2.45) is 0 Å². The number of hydrogen-bond donors (Lipinski definition) is 0. The normalized spacial score (nSPS) is 14.9. The van der Waals surface area contributed by atoms with E-state index in [2.05, 4.69) is 97.4 Å². The third-order valence-corrected chi connectivity index (χ3v) is 10.5. The number of nitrogens with zero attached hydrogens (tertiary/aromatic N) is 1. The van der Waals surface area contributed by atoms with Crippen LogP contribution in [0.5, 0.6) is 0 Å². The van der Waals surface area contributed by atoms with Crippen molar-refractivity contribution in [3.8, 4) is 0 Å². The molecule has 0 N–H and O–H groups in total. The van der Waals surface area contributed by atoms with E-state index in [0.717, 1.165) is 32.5 Å². The lowest BCUT2D eigenvalue weighted by Gasteiger charge is -2.46. The second kappa shape index (κ2) is 9.29. The van der Waals surface area contributed by atoms with Crippen LogP contribution in [0.2, 0.25) is 39.3 Å². The van der Waals surface area contributed by atoms with Gasteiger partial charge in [-0.05, 0) is 40.8 Å². The molecule has 4 heteroatoms. The quantitative estimate of drug-likeness (QED) is 0.286. The number of hydrogen-bond acceptors (Lipinski definition) is 2. The fourth-order valence-corrected chi connectivity index (χ4v) is 10.3. The highest BCUT2D eigenvalue weighted by atomic mass is 32.1. The Morgan fingerprint density at radius 1 is 0.828 bits per heavy atom. The number of thiophene rings is 1. The molecule has 0 aliphatic heterocycles. The van der Waals surface area contributed by atoms with Crippen molar-refractivity contribution in [3.63, 3.8) is 0 Å². The molecule has 0 fully saturated rings. The molecule has 1 aromatic carbocycles. The Balaban J connectivity index is 1.67. The summed E-state index contributed by atoms with van der Waals surface area (Å²) in [6.07, 6.45) is 6.11. The lowest BCUT2D eigenvalue weighted by molar-refractivity contribution is 0.272. The predicted octanol–water partition coefficient (Wildman–Crippen LogP) is 6.98. The van der Waals surface area contributed by atoms with Gasteiger partial charge in [0, 0.05) is 27.7 Å². The van der Waals surface area contributed by atoms with Crippen LogP contribution in [0.3, 0.4) is 0 Å². The van der Waals surface area contributed by atoms with Crippen molar-refractivity contribution in [1.29, 1.82) is 0 Å². The van der Waals surface area contributed by atoms with Gasteiger partial charge in [-0.1, -0.05) is 69.6 Å². The summed E-state index contributed by atoms with van der Waals surface area (Å²) in [5.41, 5.74) is 4.41. The largest absolute Gasteiger partial charge is 0.299 e. The van der Waals surface area contributed by atoms with Crippen LogP contribution in [0, 0.1) is 6.08 Å². The van der Waals surface area contributed by atoms with E-state index in [4.69, 9.17) is 0 Å². The van der Waals surface area contributed by atoms with E-state index in [1.165, 1.54) is 16.7 Å². The Bertz CT molecular complexity index is 852. The third kappa shape index (κ3) is 6.14. The van der Waals surface area contributed by atoms with Gasteiger partial charge in [-0.3, -0.25) is 4.90 Å². The molecule has 0 unspecified atom stereocenters. The predicted molar refractivity (Wildman–Crippen MR) is 135 cm³/mol. The standard InChI is InChI=1S/C25H36NSSi2/c1-28(2,3)24-18-23(25(24)29(4,5)6)13-16-26(15-12-22-14-17-27-20-22)19-21-10-8-7-9-11-21/h7-11,14,17,20H,12-13,15-16,19H2,1-6H3/q-1. The molecular weight excluding hydrogens is 403 g/mol. The van der Waals surface area contributed by atoms with Crippen molar-refractivity contribution in [2.45, 2.75) is 58.7 Å². The van der Waals surface area contributed by atoms with Crippen molar-refractivity contribution in [1.82, 2.24) is 4.90 Å². The molecule has 0 bridgehead atoms. The molecule has 3 rings (SSSR count). The Morgan fingerprint density at radius 3 is 2.10 bits per heavy atom. The van der Waals surface area contributed by atoms with Crippen LogP contribution in [-0.4, -0.2) is 34.1 Å². The zero-order chi connectivity index (χ0) is 21.1. The number of benzene rings is 1. The van der Waals surface area contributed by atoms with Gasteiger partial charge in [0.05, 0.1) is 8.07 Å². The Labute approximate surface area is 184 Å². The molecule has 1 aromatic heterocycles. The van der Waals surface area contributed by atoms with E-state index in [1.54, 1.807) is 21.7 Å². The highest BCUT2D eigenvalue weighted by Gasteiger charge is 2.29. The molecule has 156 valence electrons. The molecular formula is C25H36NSSi2-. The summed E-state index contributed by atoms with van der Waals surface area (Å²) in [4.78, 5) is 2.63. The lowest BCUT2D eigenvalue weighted by Crippen LogP contribution is -2.39. The topological polar surface area (TPSA) is 3.24 Å². The van der Waals surface area contributed by atoms with Crippen LogP contribution >= 0.6 is 11.3 Å². The molecule has 0 atom stereocenters. The van der Waals surface area contributed by atoms with Crippen LogP contribution < -0.4 is 0 Å². The van der Waals surface area contributed by atoms with Gasteiger partial charge in [-0.15, -0.1) is 0 Å². The van der Waals surface area contributed by atoms with Gasteiger partial charge in [-0.2, -0.15) is 33.4 Å². The van der Waals surface area contributed by atoms with Gasteiger partial charge in [0.1, 0.15) is 0 Å². The van der Waals surface area contributed by atoms with Crippen molar-refractivity contribution in [2.75, 3.05) is 13.1 Å². The zero-order valence-corrected chi connectivity index (χ0v) is 21.8. The zero-order valence-electron chi connectivity index (χ0n) is 19.0. The van der Waals surface area contributed by atoms with Crippen LogP contribution in [0.15, 0.2) is 63.1 Å². The molecule has 1 heterocycles. The first kappa shape index (κ1) is 22.5. The first-order valence-electron chi connectivity index (χ1n) is 10.8. The SMILES string of the molecule is C[Si](C)(C)C1=C([Si](C)(C)C)C(CCN(CCc2ccsc2)Cc2ccccc2)=[C-]1. The monoisotopic (exact) mass is 438 g/mol. The fraction of sp³-hybridized carbons (Fsp3) is 0.440. The number of rotatable bonds is 10. The van der Waals surface area contributed by atoms with Gasteiger partial charge in [0.2, 0.25) is 0 Å². The molecule has 0 saturated heterocycles. The second-order valence-electron chi connectivity index (χ2n) is 10.2. The molecule has 1 aliphatic carbocycles. The summed E-state index contributed by atoms with van der Waals surface area (Å²) in [5, 5.41) is 7.84. The first-order chi connectivity index (χ1) is 13.6. The molecule has 0 saturated carbocycles. The van der Waals surface area contributed by atoms with Gasteiger partial charge in [0.15, 0.2) is 0 Å². The average molecular weight is 439 g/mol. The van der Waals surface area contributed by atoms with Gasteiger partial charge in [0.25, 0.3) is 0 Å². The maximum absolute atomic E-state index is 3.83. The Kier molecular flexibility index (Phi) is 7.20. The van der Waals surface area contributed by atoms with Crippen LogP contribution in [0.1, 0.15) is 17.5 Å².